The van der Waals surface area contributed by atoms with Gasteiger partial charge >= 0.3 is 0 Å². The number of phenolic OH excluding ortho intramolecular Hbond substituents is 2. The number of nitrogens with two attached hydrogens (primary N) is 2. The number of rotatable bonds is 4. The van der Waals surface area contributed by atoms with Gasteiger partial charge in [0, 0.05) is 23.9 Å². The Morgan fingerprint density at radius 2 is 0.833 bits per heavy atom. The summed E-state index contributed by atoms with van der Waals surface area (Å²) < 4.78 is 0. The highest BCUT2D eigenvalue weighted by Gasteiger charge is 2.35. The molecule has 188 valence electrons. The van der Waals surface area contributed by atoms with Crippen LogP contribution in [0.4, 0.5) is 0 Å². The molecule has 4 aromatic carbocycles. The van der Waals surface area contributed by atoms with E-state index in [1.807, 2.05) is 24.3 Å². The van der Waals surface area contributed by atoms with Crippen molar-refractivity contribution in [2.24, 2.45) is 11.5 Å². The Morgan fingerprint density at radius 1 is 0.500 bits per heavy atom. The second kappa shape index (κ2) is 11.8. The molecule has 6 N–H and O–H groups in total. The molecular formula is C30H32Cl2N2O2. The molecule has 0 spiro atoms. The van der Waals surface area contributed by atoms with E-state index in [4.69, 9.17) is 11.5 Å². The van der Waals surface area contributed by atoms with Crippen LogP contribution in [-0.2, 0) is 0 Å². The van der Waals surface area contributed by atoms with E-state index >= 15 is 0 Å². The van der Waals surface area contributed by atoms with Crippen LogP contribution in [0.3, 0.4) is 0 Å². The first-order valence-electron chi connectivity index (χ1n) is 11.8. The van der Waals surface area contributed by atoms with Gasteiger partial charge in [-0.25, -0.2) is 0 Å². The van der Waals surface area contributed by atoms with Gasteiger partial charge in [-0.3, -0.25) is 0 Å². The molecule has 2 aliphatic rings. The normalized spacial score (nSPS) is 21.2. The van der Waals surface area contributed by atoms with Gasteiger partial charge in [-0.1, -0.05) is 72.8 Å². The second-order valence-corrected chi connectivity index (χ2v) is 9.36. The molecule has 2 saturated carbocycles. The standard InChI is InChI=1S/2C15H15NO.2ClH/c2*16-15-9-14(15)11-6-4-10(5-7-11)12-2-1-3-13(17)8-12;;/h2*1-8,14-15,17H,9,16H2;2*1H/t2*14-,15+;;/m10../s1. The molecule has 4 nitrogen and oxygen atoms in total. The zero-order valence-electron chi connectivity index (χ0n) is 19.8. The summed E-state index contributed by atoms with van der Waals surface area (Å²) in [6.07, 6.45) is 2.21. The van der Waals surface area contributed by atoms with Gasteiger partial charge in [-0.15, -0.1) is 24.8 Å². The lowest BCUT2D eigenvalue weighted by molar-refractivity contribution is 0.475. The Morgan fingerprint density at radius 3 is 1.11 bits per heavy atom. The zero-order valence-corrected chi connectivity index (χ0v) is 21.5. The van der Waals surface area contributed by atoms with Gasteiger partial charge in [0.1, 0.15) is 11.5 Å². The predicted octanol–water partition coefficient (Wildman–Crippen LogP) is 6.59. The second-order valence-electron chi connectivity index (χ2n) is 9.36. The Hall–Kier alpha value is -3.02. The van der Waals surface area contributed by atoms with Crippen LogP contribution in [0.25, 0.3) is 22.3 Å². The number of hydrogen-bond donors (Lipinski definition) is 4. The van der Waals surface area contributed by atoms with Gasteiger partial charge in [-0.2, -0.15) is 0 Å². The van der Waals surface area contributed by atoms with Crippen molar-refractivity contribution in [1.29, 1.82) is 0 Å². The quantitative estimate of drug-likeness (QED) is 0.243. The number of aromatic hydroxyl groups is 2. The maximum atomic E-state index is 9.45. The number of benzene rings is 4. The summed E-state index contributed by atoms with van der Waals surface area (Å²) in [6, 6.07) is 32.2. The van der Waals surface area contributed by atoms with E-state index in [2.05, 4.69) is 48.5 Å². The lowest BCUT2D eigenvalue weighted by Gasteiger charge is -2.04. The highest BCUT2D eigenvalue weighted by molar-refractivity contribution is 5.85. The van der Waals surface area contributed by atoms with Gasteiger partial charge in [-0.05, 0) is 70.5 Å². The largest absolute Gasteiger partial charge is 0.508 e. The maximum absolute atomic E-state index is 9.45. The van der Waals surface area contributed by atoms with Crippen molar-refractivity contribution in [2.75, 3.05) is 0 Å². The van der Waals surface area contributed by atoms with Crippen LogP contribution in [-0.4, -0.2) is 22.3 Å². The van der Waals surface area contributed by atoms with Gasteiger partial charge in [0.15, 0.2) is 0 Å². The van der Waals surface area contributed by atoms with Gasteiger partial charge in [0.05, 0.1) is 0 Å². The molecule has 6 rings (SSSR count). The van der Waals surface area contributed by atoms with Crippen LogP contribution in [0.5, 0.6) is 11.5 Å². The predicted molar refractivity (Wildman–Crippen MR) is 152 cm³/mol. The van der Waals surface area contributed by atoms with Crippen LogP contribution < -0.4 is 11.5 Å². The van der Waals surface area contributed by atoms with E-state index in [9.17, 15) is 10.2 Å². The highest BCUT2D eigenvalue weighted by Crippen LogP contribution is 2.40. The topological polar surface area (TPSA) is 92.5 Å². The number of phenols is 2. The number of hydrogen-bond acceptors (Lipinski definition) is 4. The van der Waals surface area contributed by atoms with Crippen molar-refractivity contribution in [3.63, 3.8) is 0 Å². The van der Waals surface area contributed by atoms with E-state index in [0.717, 1.165) is 35.1 Å². The van der Waals surface area contributed by atoms with E-state index < -0.39 is 0 Å². The third-order valence-electron chi connectivity index (χ3n) is 6.72. The van der Waals surface area contributed by atoms with Gasteiger partial charge < -0.3 is 21.7 Å². The fourth-order valence-electron chi connectivity index (χ4n) is 4.41. The fourth-order valence-corrected chi connectivity index (χ4v) is 4.41. The summed E-state index contributed by atoms with van der Waals surface area (Å²) >= 11 is 0. The molecule has 0 heterocycles. The summed E-state index contributed by atoms with van der Waals surface area (Å²) in [7, 11) is 0. The van der Waals surface area contributed by atoms with Crippen LogP contribution in [0.1, 0.15) is 35.8 Å². The van der Waals surface area contributed by atoms with Crippen molar-refractivity contribution in [3.05, 3.63) is 108 Å². The average Bonchev–Trinajstić information content (AvgIpc) is 3.77. The summed E-state index contributed by atoms with van der Waals surface area (Å²) in [6.45, 7) is 0. The lowest BCUT2D eigenvalue weighted by atomic mass is 10.0. The van der Waals surface area contributed by atoms with Crippen molar-refractivity contribution >= 4 is 24.8 Å². The van der Waals surface area contributed by atoms with E-state index in [0.29, 0.717) is 35.4 Å². The average molecular weight is 524 g/mol. The molecule has 4 atom stereocenters. The Balaban J connectivity index is 0.000000190. The third-order valence-corrected chi connectivity index (χ3v) is 6.72. The summed E-state index contributed by atoms with van der Waals surface area (Å²) in [5, 5.41) is 18.9. The number of halogens is 2. The van der Waals surface area contributed by atoms with E-state index in [1.165, 1.54) is 11.1 Å². The third kappa shape index (κ3) is 6.59. The SMILES string of the molecule is Cl.Cl.N[C@@H]1C[C@H]1c1ccc(-c2cccc(O)c2)cc1.N[C@H]1C[C@@H]1c1ccc(-c2cccc(O)c2)cc1. The Bertz CT molecular complexity index is 1180. The zero-order chi connectivity index (χ0) is 23.7. The Labute approximate surface area is 224 Å². The van der Waals surface area contributed by atoms with Crippen LogP contribution >= 0.6 is 24.8 Å². The molecule has 0 bridgehead atoms. The lowest BCUT2D eigenvalue weighted by Crippen LogP contribution is -2.00. The Kier molecular flexibility index (Phi) is 9.04. The van der Waals surface area contributed by atoms with Crippen molar-refractivity contribution in [1.82, 2.24) is 0 Å². The first-order valence-corrected chi connectivity index (χ1v) is 11.8. The van der Waals surface area contributed by atoms with Crippen molar-refractivity contribution < 1.29 is 10.2 Å². The minimum atomic E-state index is 0. The molecule has 2 fully saturated rings. The maximum Gasteiger partial charge on any atom is 0.116 e. The highest BCUT2D eigenvalue weighted by atomic mass is 35.5. The first kappa shape index (κ1) is 27.6. The van der Waals surface area contributed by atoms with Crippen LogP contribution in [0, 0.1) is 0 Å². The molecule has 0 amide bonds. The first-order chi connectivity index (χ1) is 16.5. The molecule has 36 heavy (non-hydrogen) atoms. The summed E-state index contributed by atoms with van der Waals surface area (Å²) in [5.74, 6) is 1.70. The van der Waals surface area contributed by atoms with Crippen molar-refractivity contribution in [2.45, 2.75) is 36.8 Å². The molecule has 4 aromatic rings. The molecule has 0 aromatic heterocycles. The molecule has 0 saturated heterocycles. The molecule has 0 radical (unpaired) electrons. The molecule has 6 heteroatoms. The van der Waals surface area contributed by atoms with Gasteiger partial charge in [0.25, 0.3) is 0 Å². The van der Waals surface area contributed by atoms with Crippen molar-refractivity contribution in [3.8, 4) is 33.8 Å². The summed E-state index contributed by atoms with van der Waals surface area (Å²) in [5.41, 5.74) is 18.6. The monoisotopic (exact) mass is 522 g/mol. The molecule has 0 aliphatic heterocycles. The van der Waals surface area contributed by atoms with Gasteiger partial charge in [0.2, 0.25) is 0 Å². The van der Waals surface area contributed by atoms with Crippen LogP contribution in [0.15, 0.2) is 97.1 Å². The van der Waals surface area contributed by atoms with E-state index in [1.54, 1.807) is 24.3 Å². The molecular weight excluding hydrogens is 491 g/mol. The fraction of sp³-hybridized carbons (Fsp3) is 0.200. The minimum Gasteiger partial charge on any atom is -0.508 e. The molecule has 2 aliphatic carbocycles. The smallest absolute Gasteiger partial charge is 0.116 e. The van der Waals surface area contributed by atoms with E-state index in [-0.39, 0.29) is 24.8 Å². The van der Waals surface area contributed by atoms with Crippen LogP contribution in [0.2, 0.25) is 0 Å². The molecule has 0 unspecified atom stereocenters. The minimum absolute atomic E-state index is 0. The summed E-state index contributed by atoms with van der Waals surface area (Å²) in [4.78, 5) is 0.